The van der Waals surface area contributed by atoms with Gasteiger partial charge in [0.05, 0.1) is 11.4 Å². The van der Waals surface area contributed by atoms with Crippen molar-refractivity contribution >= 4 is 17.3 Å². The molecule has 2 aromatic rings. The summed E-state index contributed by atoms with van der Waals surface area (Å²) < 4.78 is 0. The summed E-state index contributed by atoms with van der Waals surface area (Å²) in [4.78, 5) is 12.2. The number of rotatable bonds is 2. The van der Waals surface area contributed by atoms with Crippen LogP contribution in [0.15, 0.2) is 42.5 Å². The molecule has 3 nitrogen and oxygen atoms in total. The van der Waals surface area contributed by atoms with Crippen LogP contribution in [0.3, 0.4) is 0 Å². The molecule has 0 radical (unpaired) electrons. The van der Waals surface area contributed by atoms with Crippen LogP contribution < -0.4 is 11.1 Å². The van der Waals surface area contributed by atoms with E-state index in [1.165, 1.54) is 0 Å². The number of nitrogens with one attached hydrogen (secondary N) is 1. The van der Waals surface area contributed by atoms with E-state index in [9.17, 15) is 4.79 Å². The molecule has 0 unspecified atom stereocenters. The van der Waals surface area contributed by atoms with E-state index in [0.29, 0.717) is 16.9 Å². The molecule has 0 spiro atoms. The molecule has 0 aromatic heterocycles. The first kappa shape index (κ1) is 12.2. The van der Waals surface area contributed by atoms with Crippen molar-refractivity contribution in [2.45, 2.75) is 13.8 Å². The Hall–Kier alpha value is -2.29. The van der Waals surface area contributed by atoms with E-state index >= 15 is 0 Å². The third-order valence-electron chi connectivity index (χ3n) is 2.85. The molecule has 18 heavy (non-hydrogen) atoms. The highest BCUT2D eigenvalue weighted by Gasteiger charge is 2.10. The first-order chi connectivity index (χ1) is 8.58. The zero-order chi connectivity index (χ0) is 13.1. The second kappa shape index (κ2) is 4.92. The van der Waals surface area contributed by atoms with Crippen molar-refractivity contribution in [3.05, 3.63) is 59.2 Å². The number of carbonyl (C=O) groups excluding carboxylic acids is 1. The van der Waals surface area contributed by atoms with Crippen LogP contribution in [-0.2, 0) is 0 Å². The predicted molar refractivity (Wildman–Crippen MR) is 74.7 cm³/mol. The van der Waals surface area contributed by atoms with Gasteiger partial charge in [-0.3, -0.25) is 4.79 Å². The fraction of sp³-hybridized carbons (Fsp3) is 0.133. The van der Waals surface area contributed by atoms with Gasteiger partial charge in [0.1, 0.15) is 0 Å². The first-order valence-electron chi connectivity index (χ1n) is 5.81. The number of amides is 1. The first-order valence-corrected chi connectivity index (χ1v) is 5.81. The van der Waals surface area contributed by atoms with Crippen LogP contribution in [0, 0.1) is 13.8 Å². The SMILES string of the molecule is Cc1ccc(C)c(C(=O)Nc2ccccc2N)c1. The van der Waals surface area contributed by atoms with Crippen molar-refractivity contribution in [2.75, 3.05) is 11.1 Å². The summed E-state index contributed by atoms with van der Waals surface area (Å²) in [5.74, 6) is -0.130. The number of nitrogens with two attached hydrogens (primary N) is 1. The monoisotopic (exact) mass is 240 g/mol. The van der Waals surface area contributed by atoms with Gasteiger partial charge in [-0.05, 0) is 37.6 Å². The van der Waals surface area contributed by atoms with Crippen molar-refractivity contribution in [3.63, 3.8) is 0 Å². The molecular weight excluding hydrogens is 224 g/mol. The number of nitrogen functional groups attached to an aromatic ring is 1. The van der Waals surface area contributed by atoms with Crippen LogP contribution in [0.5, 0.6) is 0 Å². The zero-order valence-corrected chi connectivity index (χ0v) is 10.5. The zero-order valence-electron chi connectivity index (χ0n) is 10.5. The van der Waals surface area contributed by atoms with Gasteiger partial charge in [0, 0.05) is 5.56 Å². The normalized spacial score (nSPS) is 10.1. The molecule has 0 atom stereocenters. The molecule has 0 saturated carbocycles. The molecule has 0 saturated heterocycles. The van der Waals surface area contributed by atoms with Crippen molar-refractivity contribution in [3.8, 4) is 0 Å². The highest BCUT2D eigenvalue weighted by molar-refractivity contribution is 6.06. The highest BCUT2D eigenvalue weighted by Crippen LogP contribution is 2.19. The van der Waals surface area contributed by atoms with E-state index < -0.39 is 0 Å². The molecule has 0 aliphatic carbocycles. The molecule has 2 aromatic carbocycles. The van der Waals surface area contributed by atoms with E-state index in [0.717, 1.165) is 11.1 Å². The van der Waals surface area contributed by atoms with Crippen LogP contribution >= 0.6 is 0 Å². The molecule has 3 heteroatoms. The Morgan fingerprint density at radius 1 is 1.11 bits per heavy atom. The number of aryl methyl sites for hydroxylation is 2. The van der Waals surface area contributed by atoms with E-state index in [1.807, 2.05) is 44.2 Å². The lowest BCUT2D eigenvalue weighted by molar-refractivity contribution is 0.102. The lowest BCUT2D eigenvalue weighted by Gasteiger charge is -2.10. The van der Waals surface area contributed by atoms with E-state index in [-0.39, 0.29) is 5.91 Å². The summed E-state index contributed by atoms with van der Waals surface area (Å²) in [6.45, 7) is 3.88. The number of para-hydroxylation sites is 2. The number of benzene rings is 2. The average molecular weight is 240 g/mol. The highest BCUT2D eigenvalue weighted by atomic mass is 16.1. The van der Waals surface area contributed by atoms with Crippen LogP contribution in [0.2, 0.25) is 0 Å². The Bertz CT molecular complexity index is 591. The standard InChI is InChI=1S/C15H16N2O/c1-10-7-8-11(2)12(9-10)15(18)17-14-6-4-3-5-13(14)16/h3-9H,16H2,1-2H3,(H,17,18). The minimum Gasteiger partial charge on any atom is -0.397 e. The number of carbonyl (C=O) groups is 1. The van der Waals surface area contributed by atoms with Gasteiger partial charge in [-0.1, -0.05) is 29.8 Å². The summed E-state index contributed by atoms with van der Waals surface area (Å²) in [6.07, 6.45) is 0. The van der Waals surface area contributed by atoms with Gasteiger partial charge in [-0.2, -0.15) is 0 Å². The summed E-state index contributed by atoms with van der Waals surface area (Å²) in [7, 11) is 0. The maximum absolute atomic E-state index is 12.2. The van der Waals surface area contributed by atoms with Crippen molar-refractivity contribution in [1.29, 1.82) is 0 Å². The van der Waals surface area contributed by atoms with Gasteiger partial charge in [-0.25, -0.2) is 0 Å². The molecule has 2 rings (SSSR count). The Morgan fingerprint density at radius 2 is 1.83 bits per heavy atom. The van der Waals surface area contributed by atoms with Crippen molar-refractivity contribution < 1.29 is 4.79 Å². The Labute approximate surface area is 107 Å². The number of anilines is 2. The van der Waals surface area contributed by atoms with Gasteiger partial charge in [0.25, 0.3) is 5.91 Å². The fourth-order valence-electron chi connectivity index (χ4n) is 1.78. The van der Waals surface area contributed by atoms with Crippen LogP contribution in [0.25, 0.3) is 0 Å². The molecule has 3 N–H and O–H groups in total. The quantitative estimate of drug-likeness (QED) is 0.792. The van der Waals surface area contributed by atoms with E-state index in [1.54, 1.807) is 12.1 Å². The largest absolute Gasteiger partial charge is 0.397 e. The second-order valence-corrected chi connectivity index (χ2v) is 4.36. The third-order valence-corrected chi connectivity index (χ3v) is 2.85. The van der Waals surface area contributed by atoms with Crippen LogP contribution in [0.1, 0.15) is 21.5 Å². The van der Waals surface area contributed by atoms with Crippen LogP contribution in [0.4, 0.5) is 11.4 Å². The summed E-state index contributed by atoms with van der Waals surface area (Å²) in [5.41, 5.74) is 9.70. The maximum atomic E-state index is 12.2. The summed E-state index contributed by atoms with van der Waals surface area (Å²) >= 11 is 0. The molecule has 0 bridgehead atoms. The predicted octanol–water partition coefficient (Wildman–Crippen LogP) is 3.14. The third kappa shape index (κ3) is 2.51. The van der Waals surface area contributed by atoms with Gasteiger partial charge in [-0.15, -0.1) is 0 Å². The smallest absolute Gasteiger partial charge is 0.255 e. The van der Waals surface area contributed by atoms with Crippen molar-refractivity contribution in [1.82, 2.24) is 0 Å². The van der Waals surface area contributed by atoms with Gasteiger partial charge >= 0.3 is 0 Å². The Morgan fingerprint density at radius 3 is 2.56 bits per heavy atom. The molecule has 0 aliphatic rings. The topological polar surface area (TPSA) is 55.1 Å². The summed E-state index contributed by atoms with van der Waals surface area (Å²) in [6, 6.07) is 13.0. The fourth-order valence-corrected chi connectivity index (χ4v) is 1.78. The minimum absolute atomic E-state index is 0.130. The lowest BCUT2D eigenvalue weighted by atomic mass is 10.0. The lowest BCUT2D eigenvalue weighted by Crippen LogP contribution is -2.14. The van der Waals surface area contributed by atoms with Gasteiger partial charge in [0.2, 0.25) is 0 Å². The Balaban J connectivity index is 2.28. The maximum Gasteiger partial charge on any atom is 0.255 e. The average Bonchev–Trinajstić information content (AvgIpc) is 2.35. The number of hydrogen-bond acceptors (Lipinski definition) is 2. The van der Waals surface area contributed by atoms with E-state index in [2.05, 4.69) is 5.32 Å². The van der Waals surface area contributed by atoms with E-state index in [4.69, 9.17) is 5.73 Å². The molecule has 0 fully saturated rings. The van der Waals surface area contributed by atoms with Crippen LogP contribution in [-0.4, -0.2) is 5.91 Å². The molecule has 0 aliphatic heterocycles. The summed E-state index contributed by atoms with van der Waals surface area (Å²) in [5, 5.41) is 2.83. The van der Waals surface area contributed by atoms with Gasteiger partial charge < -0.3 is 11.1 Å². The second-order valence-electron chi connectivity index (χ2n) is 4.36. The Kier molecular flexibility index (Phi) is 3.33. The minimum atomic E-state index is -0.130. The molecular formula is C15H16N2O. The molecule has 1 amide bonds. The van der Waals surface area contributed by atoms with Crippen molar-refractivity contribution in [2.24, 2.45) is 0 Å². The molecule has 92 valence electrons. The molecule has 0 heterocycles. The number of hydrogen-bond donors (Lipinski definition) is 2. The van der Waals surface area contributed by atoms with Gasteiger partial charge in [0.15, 0.2) is 0 Å².